The maximum absolute atomic E-state index is 13.1. The van der Waals surface area contributed by atoms with E-state index in [1.54, 1.807) is 0 Å². The third-order valence-electron chi connectivity index (χ3n) is 5.53. The Hall–Kier alpha value is -1.65. The Labute approximate surface area is 169 Å². The van der Waals surface area contributed by atoms with Gasteiger partial charge in [-0.1, -0.05) is 33.6 Å². The smallest absolute Gasteiger partial charge is 0.243 e. The van der Waals surface area contributed by atoms with Crippen LogP contribution in [0.4, 0.5) is 0 Å². The van der Waals surface area contributed by atoms with Crippen molar-refractivity contribution in [2.75, 3.05) is 39.4 Å². The number of hydrogen-bond acceptors (Lipinski definition) is 6. The highest BCUT2D eigenvalue weighted by molar-refractivity contribution is 5.91. The number of aliphatic imine (C=N–C) groups is 1. The van der Waals surface area contributed by atoms with E-state index in [4.69, 9.17) is 4.74 Å². The summed E-state index contributed by atoms with van der Waals surface area (Å²) in [5, 5.41) is 16.2. The van der Waals surface area contributed by atoms with Crippen LogP contribution >= 0.6 is 0 Å². The SMILES string of the molecule is CCCN1CCC(C#N)(NC(=O)C(CCCC(C)C)NC2=NCCOC2)CC1. The summed E-state index contributed by atoms with van der Waals surface area (Å²) in [4.78, 5) is 19.9. The Morgan fingerprint density at radius 2 is 2.11 bits per heavy atom. The molecule has 2 rings (SSSR count). The molecule has 1 atom stereocenters. The average molecular weight is 392 g/mol. The number of amidine groups is 1. The number of carbonyl (C=O) groups excluding carboxylic acids is 1. The highest BCUT2D eigenvalue weighted by atomic mass is 16.5. The van der Waals surface area contributed by atoms with Gasteiger partial charge >= 0.3 is 0 Å². The van der Waals surface area contributed by atoms with Gasteiger partial charge in [0.05, 0.1) is 19.2 Å². The number of hydrogen-bond donors (Lipinski definition) is 2. The Morgan fingerprint density at radius 3 is 2.68 bits per heavy atom. The third kappa shape index (κ3) is 7.06. The van der Waals surface area contributed by atoms with Crippen molar-refractivity contribution in [1.29, 1.82) is 5.26 Å². The third-order valence-corrected chi connectivity index (χ3v) is 5.53. The molecule has 0 aromatic rings. The second kappa shape index (κ2) is 11.4. The van der Waals surface area contributed by atoms with E-state index in [9.17, 15) is 10.1 Å². The number of ether oxygens (including phenoxy) is 1. The first-order chi connectivity index (χ1) is 13.5. The van der Waals surface area contributed by atoms with Gasteiger partial charge in [0.15, 0.2) is 0 Å². The molecule has 0 aromatic heterocycles. The van der Waals surface area contributed by atoms with E-state index < -0.39 is 5.54 Å². The number of amides is 1. The largest absolute Gasteiger partial charge is 0.372 e. The molecule has 0 spiro atoms. The molecule has 1 amide bonds. The van der Waals surface area contributed by atoms with Crippen LogP contribution in [0.5, 0.6) is 0 Å². The molecule has 28 heavy (non-hydrogen) atoms. The number of likely N-dealkylation sites (tertiary alicyclic amines) is 1. The first-order valence-corrected chi connectivity index (χ1v) is 10.8. The van der Waals surface area contributed by atoms with Crippen molar-refractivity contribution in [1.82, 2.24) is 15.5 Å². The van der Waals surface area contributed by atoms with Crippen LogP contribution in [-0.2, 0) is 9.53 Å². The van der Waals surface area contributed by atoms with Gasteiger partial charge in [0.25, 0.3) is 0 Å². The molecule has 158 valence electrons. The van der Waals surface area contributed by atoms with Crippen molar-refractivity contribution < 1.29 is 9.53 Å². The van der Waals surface area contributed by atoms with Gasteiger partial charge in [-0.2, -0.15) is 5.26 Å². The molecule has 1 saturated heterocycles. The molecular weight excluding hydrogens is 354 g/mol. The first kappa shape index (κ1) is 22.6. The predicted octanol–water partition coefficient (Wildman–Crippen LogP) is 2.08. The van der Waals surface area contributed by atoms with Crippen LogP contribution in [-0.4, -0.2) is 67.6 Å². The zero-order valence-electron chi connectivity index (χ0n) is 17.8. The highest BCUT2D eigenvalue weighted by Crippen LogP contribution is 2.22. The van der Waals surface area contributed by atoms with Gasteiger partial charge in [-0.05, 0) is 38.1 Å². The lowest BCUT2D eigenvalue weighted by Gasteiger charge is -2.38. The lowest BCUT2D eigenvalue weighted by molar-refractivity contribution is -0.124. The Kier molecular flexibility index (Phi) is 9.20. The van der Waals surface area contributed by atoms with Gasteiger partial charge < -0.3 is 20.3 Å². The molecule has 2 heterocycles. The van der Waals surface area contributed by atoms with Gasteiger partial charge in [-0.15, -0.1) is 0 Å². The van der Waals surface area contributed by atoms with E-state index in [0.29, 0.717) is 38.5 Å². The molecule has 0 aliphatic carbocycles. The number of piperidine rings is 1. The molecule has 2 N–H and O–H groups in total. The molecule has 0 bridgehead atoms. The fourth-order valence-electron chi connectivity index (χ4n) is 3.81. The van der Waals surface area contributed by atoms with Crippen LogP contribution in [0.15, 0.2) is 4.99 Å². The fraction of sp³-hybridized carbons (Fsp3) is 0.857. The summed E-state index contributed by atoms with van der Waals surface area (Å²) < 4.78 is 5.45. The Morgan fingerprint density at radius 1 is 1.36 bits per heavy atom. The standard InChI is InChI=1S/C21H37N5O2/c1-4-11-26-12-8-21(16-22,9-13-26)25-20(27)18(7-5-6-17(2)3)24-19-15-28-14-10-23-19/h17-18H,4-15H2,1-3H3,(H,23,24)(H,25,27). The number of nitriles is 1. The summed E-state index contributed by atoms with van der Waals surface area (Å²) in [7, 11) is 0. The van der Waals surface area contributed by atoms with Crippen molar-refractivity contribution in [3.8, 4) is 6.07 Å². The summed E-state index contributed by atoms with van der Waals surface area (Å²) in [5.74, 6) is 1.25. The van der Waals surface area contributed by atoms with Crippen LogP contribution in [0.25, 0.3) is 0 Å². The van der Waals surface area contributed by atoms with Crippen molar-refractivity contribution in [3.05, 3.63) is 0 Å². The van der Waals surface area contributed by atoms with E-state index in [2.05, 4.69) is 47.4 Å². The van der Waals surface area contributed by atoms with Crippen LogP contribution < -0.4 is 10.6 Å². The molecule has 2 aliphatic heterocycles. The highest BCUT2D eigenvalue weighted by Gasteiger charge is 2.37. The van der Waals surface area contributed by atoms with Crippen molar-refractivity contribution in [3.63, 3.8) is 0 Å². The molecule has 7 heteroatoms. The molecule has 0 radical (unpaired) electrons. The van der Waals surface area contributed by atoms with Gasteiger partial charge in [-0.3, -0.25) is 9.79 Å². The van der Waals surface area contributed by atoms with Gasteiger partial charge in [-0.25, -0.2) is 0 Å². The van der Waals surface area contributed by atoms with Crippen molar-refractivity contribution in [2.45, 2.75) is 70.9 Å². The Balaban J connectivity index is 1.98. The number of nitrogens with one attached hydrogen (secondary N) is 2. The second-order valence-electron chi connectivity index (χ2n) is 8.43. The zero-order valence-corrected chi connectivity index (χ0v) is 17.8. The van der Waals surface area contributed by atoms with E-state index in [0.717, 1.165) is 51.2 Å². The van der Waals surface area contributed by atoms with E-state index >= 15 is 0 Å². The minimum atomic E-state index is -0.760. The first-order valence-electron chi connectivity index (χ1n) is 10.8. The molecule has 1 fully saturated rings. The average Bonchev–Trinajstić information content (AvgIpc) is 2.69. The minimum Gasteiger partial charge on any atom is -0.372 e. The maximum atomic E-state index is 13.1. The van der Waals surface area contributed by atoms with Crippen molar-refractivity contribution >= 4 is 11.7 Å². The van der Waals surface area contributed by atoms with Crippen LogP contribution in [0.3, 0.4) is 0 Å². The van der Waals surface area contributed by atoms with Crippen LogP contribution in [0, 0.1) is 17.2 Å². The van der Waals surface area contributed by atoms with Crippen molar-refractivity contribution in [2.24, 2.45) is 10.9 Å². The van der Waals surface area contributed by atoms with Gasteiger partial charge in [0.2, 0.25) is 5.91 Å². The molecular formula is C21H37N5O2. The van der Waals surface area contributed by atoms with Crippen LogP contribution in [0.1, 0.15) is 59.3 Å². The second-order valence-corrected chi connectivity index (χ2v) is 8.43. The summed E-state index contributed by atoms with van der Waals surface area (Å²) in [6.07, 6.45) is 5.23. The zero-order chi connectivity index (χ0) is 20.4. The molecule has 7 nitrogen and oxygen atoms in total. The van der Waals surface area contributed by atoms with E-state index in [1.807, 2.05) is 0 Å². The van der Waals surface area contributed by atoms with E-state index in [-0.39, 0.29) is 11.9 Å². The number of nitrogens with zero attached hydrogens (tertiary/aromatic N) is 3. The molecule has 1 unspecified atom stereocenters. The van der Waals surface area contributed by atoms with Gasteiger partial charge in [0.1, 0.15) is 24.0 Å². The lowest BCUT2D eigenvalue weighted by Crippen LogP contribution is -2.59. The quantitative estimate of drug-likeness (QED) is 0.628. The predicted molar refractivity (Wildman–Crippen MR) is 111 cm³/mol. The summed E-state index contributed by atoms with van der Waals surface area (Å²) in [6.45, 7) is 11.0. The molecule has 2 aliphatic rings. The van der Waals surface area contributed by atoms with Crippen LogP contribution in [0.2, 0.25) is 0 Å². The number of rotatable bonds is 9. The Bertz CT molecular complexity index is 562. The normalized spacial score (nSPS) is 20.9. The minimum absolute atomic E-state index is 0.0949. The topological polar surface area (TPSA) is 89.8 Å². The fourth-order valence-corrected chi connectivity index (χ4v) is 3.81. The molecule has 0 aromatic carbocycles. The summed E-state index contributed by atoms with van der Waals surface area (Å²) in [6, 6.07) is 2.03. The van der Waals surface area contributed by atoms with Gasteiger partial charge in [0, 0.05) is 13.1 Å². The number of carbonyl (C=O) groups is 1. The monoisotopic (exact) mass is 391 g/mol. The summed E-state index contributed by atoms with van der Waals surface area (Å²) >= 11 is 0. The van der Waals surface area contributed by atoms with E-state index in [1.165, 1.54) is 0 Å². The maximum Gasteiger partial charge on any atom is 0.243 e. The lowest BCUT2D eigenvalue weighted by atomic mass is 9.88. The summed E-state index contributed by atoms with van der Waals surface area (Å²) in [5.41, 5.74) is -0.760. The molecule has 0 saturated carbocycles.